The molecule has 0 radical (unpaired) electrons. The Labute approximate surface area is 245 Å². The molecule has 15 heteroatoms. The SMILES string of the molecule is CNc1nc(NC)nc(NCCCNCCCCCCCCCNCCCNc2nc(NC)nc(NC)n2)n1.Cl. The summed E-state index contributed by atoms with van der Waals surface area (Å²) in [5, 5.41) is 25.4. The van der Waals surface area contributed by atoms with Crippen LogP contribution in [0.1, 0.15) is 57.8 Å². The monoisotopic (exact) mass is 582 g/mol. The average molecular weight is 583 g/mol. The van der Waals surface area contributed by atoms with Crippen molar-refractivity contribution in [3.05, 3.63) is 0 Å². The van der Waals surface area contributed by atoms with E-state index in [9.17, 15) is 0 Å². The van der Waals surface area contributed by atoms with Gasteiger partial charge in [-0.25, -0.2) is 0 Å². The first-order valence-corrected chi connectivity index (χ1v) is 14.3. The maximum absolute atomic E-state index is 4.31. The molecule has 0 aromatic carbocycles. The number of hydrogen-bond acceptors (Lipinski definition) is 14. The van der Waals surface area contributed by atoms with Crippen LogP contribution in [0.5, 0.6) is 0 Å². The largest absolute Gasteiger partial charge is 0.357 e. The molecule has 2 aromatic heterocycles. The molecular weight excluding hydrogens is 532 g/mol. The Balaban J connectivity index is 0.00000800. The van der Waals surface area contributed by atoms with Gasteiger partial charge < -0.3 is 42.5 Å². The van der Waals surface area contributed by atoms with E-state index in [1.807, 2.05) is 0 Å². The van der Waals surface area contributed by atoms with Crippen molar-refractivity contribution in [3.8, 4) is 0 Å². The molecule has 2 aromatic rings. The summed E-state index contributed by atoms with van der Waals surface area (Å²) in [4.78, 5) is 25.7. The Bertz CT molecular complexity index is 788. The summed E-state index contributed by atoms with van der Waals surface area (Å²) < 4.78 is 0. The van der Waals surface area contributed by atoms with Gasteiger partial charge in [-0.05, 0) is 51.9 Å². The lowest BCUT2D eigenvalue weighted by Gasteiger charge is -2.09. The van der Waals surface area contributed by atoms with Gasteiger partial charge in [-0.1, -0.05) is 32.1 Å². The van der Waals surface area contributed by atoms with Crippen LogP contribution < -0.4 is 42.5 Å². The van der Waals surface area contributed by atoms with Crippen LogP contribution in [0, 0.1) is 0 Å². The van der Waals surface area contributed by atoms with Crippen LogP contribution in [0.4, 0.5) is 35.7 Å². The second-order valence-electron chi connectivity index (χ2n) is 9.15. The topological polar surface area (TPSA) is 174 Å². The van der Waals surface area contributed by atoms with Crippen LogP contribution in [0.2, 0.25) is 0 Å². The zero-order valence-electron chi connectivity index (χ0n) is 24.7. The summed E-state index contributed by atoms with van der Waals surface area (Å²) in [5.41, 5.74) is 0. The van der Waals surface area contributed by atoms with E-state index in [1.165, 1.54) is 44.9 Å². The van der Waals surface area contributed by atoms with Crippen molar-refractivity contribution in [1.82, 2.24) is 40.5 Å². The maximum atomic E-state index is 4.31. The van der Waals surface area contributed by atoms with Crippen LogP contribution in [-0.2, 0) is 0 Å². The van der Waals surface area contributed by atoms with Gasteiger partial charge in [0.05, 0.1) is 0 Å². The fraction of sp³-hybridized carbons (Fsp3) is 0.760. The van der Waals surface area contributed by atoms with E-state index in [-0.39, 0.29) is 12.4 Å². The molecule has 0 bridgehead atoms. The van der Waals surface area contributed by atoms with Crippen LogP contribution in [-0.4, -0.2) is 97.4 Å². The molecule has 0 fully saturated rings. The molecule has 0 saturated heterocycles. The molecule has 0 saturated carbocycles. The molecular formula is C25H51ClN14. The zero-order valence-corrected chi connectivity index (χ0v) is 25.5. The Morgan fingerprint density at radius 3 is 0.950 bits per heavy atom. The molecule has 0 aliphatic carbocycles. The van der Waals surface area contributed by atoms with Crippen molar-refractivity contribution in [3.63, 3.8) is 0 Å². The van der Waals surface area contributed by atoms with E-state index in [0.29, 0.717) is 35.7 Å². The molecule has 0 aliphatic rings. The fourth-order valence-corrected chi connectivity index (χ4v) is 3.82. The van der Waals surface area contributed by atoms with Gasteiger partial charge in [0, 0.05) is 41.3 Å². The molecule has 0 amide bonds. The summed E-state index contributed by atoms with van der Waals surface area (Å²) in [6, 6.07) is 0. The van der Waals surface area contributed by atoms with Crippen molar-refractivity contribution in [2.24, 2.45) is 0 Å². The molecule has 40 heavy (non-hydrogen) atoms. The highest BCUT2D eigenvalue weighted by atomic mass is 35.5. The number of nitrogens with zero attached hydrogens (tertiary/aromatic N) is 6. The predicted molar refractivity (Wildman–Crippen MR) is 169 cm³/mol. The van der Waals surface area contributed by atoms with Crippen LogP contribution in [0.25, 0.3) is 0 Å². The second kappa shape index (κ2) is 22.8. The quantitative estimate of drug-likeness (QED) is 0.0848. The Morgan fingerprint density at radius 2 is 0.625 bits per heavy atom. The van der Waals surface area contributed by atoms with Gasteiger partial charge in [-0.2, -0.15) is 29.9 Å². The van der Waals surface area contributed by atoms with Crippen LogP contribution >= 0.6 is 12.4 Å². The van der Waals surface area contributed by atoms with Gasteiger partial charge >= 0.3 is 0 Å². The molecule has 0 aliphatic heterocycles. The average Bonchev–Trinajstić information content (AvgIpc) is 2.97. The van der Waals surface area contributed by atoms with Gasteiger partial charge in [-0.3, -0.25) is 0 Å². The summed E-state index contributed by atoms with van der Waals surface area (Å²) in [6.07, 6.45) is 11.1. The van der Waals surface area contributed by atoms with Crippen molar-refractivity contribution >= 4 is 48.1 Å². The highest BCUT2D eigenvalue weighted by Crippen LogP contribution is 2.09. The van der Waals surface area contributed by atoms with Crippen molar-refractivity contribution < 1.29 is 0 Å². The number of rotatable bonds is 24. The van der Waals surface area contributed by atoms with E-state index >= 15 is 0 Å². The van der Waals surface area contributed by atoms with Gasteiger partial charge in [-0.15, -0.1) is 12.4 Å². The third kappa shape index (κ3) is 15.6. The number of anilines is 6. The lowest BCUT2D eigenvalue weighted by molar-refractivity contribution is 0.542. The molecule has 14 nitrogen and oxygen atoms in total. The van der Waals surface area contributed by atoms with Crippen molar-refractivity contribution in [2.75, 3.05) is 99.4 Å². The van der Waals surface area contributed by atoms with E-state index in [1.54, 1.807) is 28.2 Å². The molecule has 228 valence electrons. The Morgan fingerprint density at radius 1 is 0.350 bits per heavy atom. The second-order valence-corrected chi connectivity index (χ2v) is 9.15. The first kappa shape index (κ1) is 35.1. The number of aromatic nitrogens is 6. The Kier molecular flexibility index (Phi) is 20.0. The summed E-state index contributed by atoms with van der Waals surface area (Å²) in [6.45, 7) is 5.80. The first-order chi connectivity index (χ1) is 19.2. The smallest absolute Gasteiger partial charge is 0.229 e. The first-order valence-electron chi connectivity index (χ1n) is 14.3. The molecule has 2 rings (SSSR count). The van der Waals surface area contributed by atoms with Gasteiger partial charge in [0.15, 0.2) is 0 Å². The standard InChI is InChI=1S/C25H50N14.ClH/c1-26-20-34-21(27-2)37-24(36-20)32-18-12-16-30-14-10-8-6-5-7-9-11-15-31-17-13-19-33-25-38-22(28-3)35-23(29-4)39-25;/h30-31H,5-19H2,1-4H3,(H3,26,27,32,34,36,37)(H3,28,29,33,35,38,39);1H. The summed E-state index contributed by atoms with van der Waals surface area (Å²) >= 11 is 0. The van der Waals surface area contributed by atoms with Crippen LogP contribution in [0.15, 0.2) is 0 Å². The molecule has 0 unspecified atom stereocenters. The maximum Gasteiger partial charge on any atom is 0.229 e. The van der Waals surface area contributed by atoms with Gasteiger partial charge in [0.25, 0.3) is 0 Å². The minimum Gasteiger partial charge on any atom is -0.357 e. The summed E-state index contributed by atoms with van der Waals surface area (Å²) in [7, 11) is 7.18. The molecule has 0 atom stereocenters. The number of hydrogen-bond donors (Lipinski definition) is 8. The lowest BCUT2D eigenvalue weighted by Crippen LogP contribution is -2.20. The number of unbranched alkanes of at least 4 members (excludes halogenated alkanes) is 6. The summed E-state index contributed by atoms with van der Waals surface area (Å²) in [5.74, 6) is 3.39. The van der Waals surface area contributed by atoms with Crippen molar-refractivity contribution in [1.29, 1.82) is 0 Å². The number of halogens is 1. The number of nitrogens with one attached hydrogen (secondary N) is 8. The van der Waals surface area contributed by atoms with Crippen LogP contribution in [0.3, 0.4) is 0 Å². The molecule has 8 N–H and O–H groups in total. The normalized spacial score (nSPS) is 10.5. The minimum absolute atomic E-state index is 0. The van der Waals surface area contributed by atoms with E-state index in [0.717, 1.165) is 52.1 Å². The highest BCUT2D eigenvalue weighted by Gasteiger charge is 2.04. The molecule has 0 spiro atoms. The highest BCUT2D eigenvalue weighted by molar-refractivity contribution is 5.85. The van der Waals surface area contributed by atoms with Gasteiger partial charge in [0.1, 0.15) is 0 Å². The van der Waals surface area contributed by atoms with E-state index < -0.39 is 0 Å². The van der Waals surface area contributed by atoms with Gasteiger partial charge in [0.2, 0.25) is 35.7 Å². The fourth-order valence-electron chi connectivity index (χ4n) is 3.82. The Hall–Kier alpha value is -2.97. The van der Waals surface area contributed by atoms with Crippen molar-refractivity contribution in [2.45, 2.75) is 57.8 Å². The minimum atomic E-state index is 0. The van der Waals surface area contributed by atoms with E-state index in [4.69, 9.17) is 0 Å². The third-order valence-electron chi connectivity index (χ3n) is 6.00. The lowest BCUT2D eigenvalue weighted by atomic mass is 10.1. The zero-order chi connectivity index (χ0) is 28.0. The third-order valence-corrected chi connectivity index (χ3v) is 6.00. The van der Waals surface area contributed by atoms with E-state index in [2.05, 4.69) is 72.4 Å². The molecule has 2 heterocycles. The predicted octanol–water partition coefficient (Wildman–Crippen LogP) is 2.86.